The highest BCUT2D eigenvalue weighted by molar-refractivity contribution is 7.93. The maximum absolute atomic E-state index is 13.5. The normalized spacial score (nSPS) is 19.1. The third kappa shape index (κ3) is 5.39. The van der Waals surface area contributed by atoms with Crippen molar-refractivity contribution in [3.8, 4) is 0 Å². The highest BCUT2D eigenvalue weighted by Crippen LogP contribution is 2.36. The van der Waals surface area contributed by atoms with Gasteiger partial charge in [0.2, 0.25) is 5.91 Å². The van der Waals surface area contributed by atoms with Crippen molar-refractivity contribution in [2.45, 2.75) is 61.5 Å². The number of aryl methyl sites for hydroxylation is 1. The second-order valence-corrected chi connectivity index (χ2v) is 9.14. The molecule has 0 spiro atoms. The summed E-state index contributed by atoms with van der Waals surface area (Å²) in [7, 11) is -3.60. The molecular weight excluding hydrogens is 360 g/mol. The highest BCUT2D eigenvalue weighted by Gasteiger charge is 2.40. The summed E-state index contributed by atoms with van der Waals surface area (Å²) in [6, 6.07) is 7.09. The summed E-state index contributed by atoms with van der Waals surface area (Å²) in [4.78, 5) is 15.2. The number of carbonyl (C=O) groups excluding carboxylic acids is 1. The minimum atomic E-state index is -3.60. The summed E-state index contributed by atoms with van der Waals surface area (Å²) >= 11 is 0. The zero-order valence-corrected chi connectivity index (χ0v) is 16.6. The Morgan fingerprint density at radius 1 is 1.07 bits per heavy atom. The van der Waals surface area contributed by atoms with Crippen LogP contribution >= 0.6 is 0 Å². The van der Waals surface area contributed by atoms with Crippen molar-refractivity contribution < 1.29 is 13.2 Å². The van der Waals surface area contributed by atoms with E-state index < -0.39 is 14.6 Å². The molecule has 1 aromatic carbocycles. The van der Waals surface area contributed by atoms with Crippen LogP contribution < -0.4 is 5.73 Å². The molecule has 1 aliphatic heterocycles. The first-order chi connectivity index (χ1) is 12.9. The monoisotopic (exact) mass is 388 g/mol. The Balaban J connectivity index is 2.12. The van der Waals surface area contributed by atoms with Crippen LogP contribution in [0.3, 0.4) is 0 Å². The summed E-state index contributed by atoms with van der Waals surface area (Å²) in [6.07, 6.45) is 13.6. The van der Waals surface area contributed by atoms with Crippen LogP contribution in [0, 0.1) is 6.92 Å². The van der Waals surface area contributed by atoms with Gasteiger partial charge in [0.25, 0.3) is 0 Å². The van der Waals surface area contributed by atoms with E-state index in [2.05, 4.69) is 4.99 Å². The number of unbranched alkanes of at least 4 members (excludes halogenated alkanes) is 4. The third-order valence-corrected chi connectivity index (χ3v) is 7.38. The van der Waals surface area contributed by atoms with Crippen LogP contribution in [0.25, 0.3) is 0 Å². The topological polar surface area (TPSA) is 89.6 Å². The number of aliphatic imine (C=N–C) groups is 1. The Morgan fingerprint density at radius 2 is 1.78 bits per heavy atom. The van der Waals surface area contributed by atoms with Crippen LogP contribution in [-0.4, -0.2) is 25.3 Å². The van der Waals surface area contributed by atoms with Crippen molar-refractivity contribution in [2.24, 2.45) is 10.7 Å². The fraction of sp³-hybridized carbons (Fsp3) is 0.429. The molecule has 1 aliphatic rings. The van der Waals surface area contributed by atoms with Gasteiger partial charge in [-0.3, -0.25) is 9.79 Å². The molecule has 0 aliphatic carbocycles. The van der Waals surface area contributed by atoms with Crippen molar-refractivity contribution in [3.63, 3.8) is 0 Å². The average Bonchev–Trinajstić information content (AvgIpc) is 2.88. The van der Waals surface area contributed by atoms with Crippen molar-refractivity contribution in [1.82, 2.24) is 0 Å². The Kier molecular flexibility index (Phi) is 7.54. The van der Waals surface area contributed by atoms with Gasteiger partial charge in [-0.25, -0.2) is 8.42 Å². The van der Waals surface area contributed by atoms with E-state index in [1.807, 2.05) is 19.1 Å². The van der Waals surface area contributed by atoms with E-state index >= 15 is 0 Å². The smallest absolute Gasteiger partial charge is 0.217 e. The van der Waals surface area contributed by atoms with E-state index in [0.717, 1.165) is 37.7 Å². The number of carbonyl (C=O) groups is 1. The average molecular weight is 389 g/mol. The summed E-state index contributed by atoms with van der Waals surface area (Å²) in [5.41, 5.74) is 5.89. The van der Waals surface area contributed by atoms with Gasteiger partial charge < -0.3 is 5.73 Å². The molecule has 27 heavy (non-hydrogen) atoms. The number of hydrogen-bond donors (Lipinski definition) is 1. The van der Waals surface area contributed by atoms with Crippen LogP contribution in [-0.2, 0) is 14.6 Å². The first kappa shape index (κ1) is 21.1. The molecule has 2 N–H and O–H groups in total. The van der Waals surface area contributed by atoms with Crippen LogP contribution in [0.1, 0.15) is 50.5 Å². The van der Waals surface area contributed by atoms with Gasteiger partial charge in [-0.1, -0.05) is 50.0 Å². The molecule has 1 aromatic rings. The summed E-state index contributed by atoms with van der Waals surface area (Å²) in [6.45, 7) is 1.82. The predicted molar refractivity (Wildman–Crippen MR) is 109 cm³/mol. The third-order valence-electron chi connectivity index (χ3n) is 4.87. The van der Waals surface area contributed by atoms with Gasteiger partial charge >= 0.3 is 0 Å². The highest BCUT2D eigenvalue weighted by atomic mass is 32.2. The number of nitrogens with two attached hydrogens (primary N) is 1. The Bertz CT molecular complexity index is 823. The second-order valence-electron chi connectivity index (χ2n) is 6.93. The quantitative estimate of drug-likeness (QED) is 0.617. The van der Waals surface area contributed by atoms with Crippen LogP contribution in [0.2, 0.25) is 0 Å². The Hall–Kier alpha value is -2.21. The number of hydrogen-bond acceptors (Lipinski definition) is 4. The lowest BCUT2D eigenvalue weighted by atomic mass is 9.98. The van der Waals surface area contributed by atoms with Gasteiger partial charge in [0.1, 0.15) is 4.75 Å². The fourth-order valence-corrected chi connectivity index (χ4v) is 5.37. The number of nitrogens with zero attached hydrogens (tertiary/aromatic N) is 1. The molecule has 2 rings (SSSR count). The lowest BCUT2D eigenvalue weighted by Gasteiger charge is -2.28. The van der Waals surface area contributed by atoms with Gasteiger partial charge in [0, 0.05) is 18.8 Å². The standard InChI is InChI=1S/C21H28N2O3S/c1-18-10-6-7-11-19(18)27(25,26)21(14-9-16-23-17-15-21)13-8-4-2-3-5-12-20(22)24/h6-7,9-11,14-17H,2-5,8,12-13H2,1H3,(H2,22,24). The molecule has 6 heteroatoms. The molecule has 146 valence electrons. The largest absolute Gasteiger partial charge is 0.370 e. The zero-order chi connectivity index (χ0) is 19.8. The van der Waals surface area contributed by atoms with E-state index in [0.29, 0.717) is 17.7 Å². The summed E-state index contributed by atoms with van der Waals surface area (Å²) in [5.74, 6) is -0.271. The predicted octanol–water partition coefficient (Wildman–Crippen LogP) is 3.88. The van der Waals surface area contributed by atoms with Crippen LogP contribution in [0.15, 0.2) is 58.6 Å². The minimum Gasteiger partial charge on any atom is -0.370 e. The molecule has 1 unspecified atom stereocenters. The van der Waals surface area contributed by atoms with E-state index in [1.165, 1.54) is 0 Å². The molecule has 1 amide bonds. The van der Waals surface area contributed by atoms with Gasteiger partial charge in [0.05, 0.1) is 4.90 Å². The van der Waals surface area contributed by atoms with Gasteiger partial charge in [-0.15, -0.1) is 0 Å². The first-order valence-electron chi connectivity index (χ1n) is 9.36. The Morgan fingerprint density at radius 3 is 2.52 bits per heavy atom. The molecule has 0 bridgehead atoms. The summed E-state index contributed by atoms with van der Waals surface area (Å²) in [5, 5.41) is 0. The Labute approximate surface area is 162 Å². The van der Waals surface area contributed by atoms with Crippen molar-refractivity contribution in [1.29, 1.82) is 0 Å². The number of primary amides is 1. The molecule has 1 atom stereocenters. The van der Waals surface area contributed by atoms with Crippen molar-refractivity contribution >= 4 is 22.0 Å². The number of benzene rings is 1. The molecule has 5 nitrogen and oxygen atoms in total. The van der Waals surface area contributed by atoms with E-state index in [9.17, 15) is 13.2 Å². The SMILES string of the molecule is Cc1ccccc1S(=O)(=O)C1(CCCCCCCC(N)=O)C=CC=NC=C1. The lowest BCUT2D eigenvalue weighted by Crippen LogP contribution is -2.35. The molecule has 0 saturated heterocycles. The van der Waals surface area contributed by atoms with Gasteiger partial charge in [0.15, 0.2) is 9.84 Å². The van der Waals surface area contributed by atoms with E-state index in [1.54, 1.807) is 42.8 Å². The number of allylic oxidation sites excluding steroid dienone is 1. The molecule has 0 saturated carbocycles. The summed E-state index contributed by atoms with van der Waals surface area (Å²) < 4.78 is 25.9. The lowest BCUT2D eigenvalue weighted by molar-refractivity contribution is -0.118. The van der Waals surface area contributed by atoms with Crippen LogP contribution in [0.4, 0.5) is 0 Å². The molecule has 0 fully saturated rings. The maximum atomic E-state index is 13.5. The fourth-order valence-electron chi connectivity index (χ4n) is 3.30. The van der Waals surface area contributed by atoms with Gasteiger partial charge in [-0.05, 0) is 43.5 Å². The van der Waals surface area contributed by atoms with E-state index in [-0.39, 0.29) is 5.91 Å². The maximum Gasteiger partial charge on any atom is 0.217 e. The number of sulfone groups is 1. The molecule has 0 radical (unpaired) electrons. The number of amides is 1. The van der Waals surface area contributed by atoms with Crippen molar-refractivity contribution in [2.75, 3.05) is 0 Å². The van der Waals surface area contributed by atoms with E-state index in [4.69, 9.17) is 5.73 Å². The molecular formula is C21H28N2O3S. The first-order valence-corrected chi connectivity index (χ1v) is 10.8. The van der Waals surface area contributed by atoms with Gasteiger partial charge in [-0.2, -0.15) is 0 Å². The minimum absolute atomic E-state index is 0.271. The molecule has 0 aromatic heterocycles. The molecule has 1 heterocycles. The second kappa shape index (κ2) is 9.65. The van der Waals surface area contributed by atoms with Crippen molar-refractivity contribution in [3.05, 3.63) is 54.3 Å². The number of rotatable bonds is 10. The zero-order valence-electron chi connectivity index (χ0n) is 15.8. The van der Waals surface area contributed by atoms with Crippen LogP contribution in [0.5, 0.6) is 0 Å².